The zero-order valence-corrected chi connectivity index (χ0v) is 24.6. The van der Waals surface area contributed by atoms with Crippen molar-refractivity contribution >= 4 is 32.7 Å². The Labute approximate surface area is 238 Å². The van der Waals surface area contributed by atoms with E-state index < -0.39 is 21.9 Å². The molecule has 0 atom stereocenters. The summed E-state index contributed by atoms with van der Waals surface area (Å²) in [5, 5.41) is 1.73. The molecule has 0 fully saturated rings. The molecule has 0 radical (unpaired) electrons. The number of benzene rings is 3. The maximum absolute atomic E-state index is 13.4. The highest BCUT2D eigenvalue weighted by Crippen LogP contribution is 2.33. The third-order valence-electron chi connectivity index (χ3n) is 7.67. The summed E-state index contributed by atoms with van der Waals surface area (Å²) in [6, 6.07) is 15.1. The molecule has 0 aliphatic carbocycles. The smallest absolute Gasteiger partial charge is 0.266 e. The lowest BCUT2D eigenvalue weighted by atomic mass is 9.91. The molecule has 0 bridgehead atoms. The molecule has 1 heterocycles. The lowest BCUT2D eigenvalue weighted by Gasteiger charge is -2.26. The number of hydrogen-bond acceptors (Lipinski definition) is 5. The Hall–Kier alpha value is -3.03. The molecule has 2 amide bonds. The Bertz CT molecular complexity index is 1430. The van der Waals surface area contributed by atoms with Gasteiger partial charge < -0.3 is 0 Å². The molecule has 0 saturated heterocycles. The van der Waals surface area contributed by atoms with Crippen LogP contribution in [0.5, 0.6) is 0 Å². The van der Waals surface area contributed by atoms with Crippen molar-refractivity contribution in [2.45, 2.75) is 102 Å². The van der Waals surface area contributed by atoms with Crippen LogP contribution >= 0.6 is 0 Å². The number of nitrogens with zero attached hydrogens (tertiary/aromatic N) is 1. The summed E-state index contributed by atoms with van der Waals surface area (Å²) in [6.45, 7) is 4.08. The van der Waals surface area contributed by atoms with Gasteiger partial charge in [0, 0.05) is 5.39 Å². The Balaban J connectivity index is 1.36. The second-order valence-corrected chi connectivity index (χ2v) is 12.5. The summed E-state index contributed by atoms with van der Waals surface area (Å²) in [4.78, 5) is 26.5. The highest BCUT2D eigenvalue weighted by atomic mass is 32.2. The zero-order chi connectivity index (χ0) is 28.5. The zero-order valence-electron chi connectivity index (χ0n) is 23.8. The SMILES string of the molecule is CCCCCCCCCCCCCCc1cc2c3c(cccc3c1)C(=O)N(OS(=O)(=O)c1ccc(C)cc1)C2=O. The lowest BCUT2D eigenvalue weighted by Crippen LogP contribution is -2.41. The second kappa shape index (κ2) is 14.0. The van der Waals surface area contributed by atoms with Crippen LogP contribution in [-0.2, 0) is 20.8 Å². The van der Waals surface area contributed by atoms with E-state index in [4.69, 9.17) is 4.28 Å². The molecule has 40 heavy (non-hydrogen) atoms. The average molecular weight is 564 g/mol. The molecule has 0 N–H and O–H groups in total. The van der Waals surface area contributed by atoms with Gasteiger partial charge >= 0.3 is 10.1 Å². The van der Waals surface area contributed by atoms with Crippen LogP contribution in [0.2, 0.25) is 0 Å². The molecule has 0 spiro atoms. The third kappa shape index (κ3) is 7.38. The molecule has 1 aliphatic heterocycles. The Morgan fingerprint density at radius 3 is 1.90 bits per heavy atom. The molecular weight excluding hydrogens is 522 g/mol. The average Bonchev–Trinajstić information content (AvgIpc) is 2.94. The quantitative estimate of drug-likeness (QED) is 0.129. The van der Waals surface area contributed by atoms with E-state index in [2.05, 4.69) is 6.92 Å². The highest BCUT2D eigenvalue weighted by molar-refractivity contribution is 7.86. The van der Waals surface area contributed by atoms with Gasteiger partial charge in [0.15, 0.2) is 0 Å². The van der Waals surface area contributed by atoms with E-state index in [9.17, 15) is 18.0 Å². The van der Waals surface area contributed by atoms with Crippen molar-refractivity contribution < 1.29 is 22.3 Å². The van der Waals surface area contributed by atoms with E-state index in [-0.39, 0.29) is 10.5 Å². The first-order chi connectivity index (χ1) is 19.3. The molecule has 6 nitrogen and oxygen atoms in total. The molecular formula is C33H41NO5S. The summed E-state index contributed by atoms with van der Waals surface area (Å²) in [6.07, 6.45) is 16.1. The standard InChI is InChI=1S/C33H41NO5S/c1-3-4-5-6-7-8-9-10-11-12-13-14-16-26-23-27-17-15-18-29-31(27)30(24-26)33(36)34(32(29)35)39-40(37,38)28-21-19-25(2)20-22-28/h15,17-24H,3-14,16H2,1-2H3. The number of unbranched alkanes of at least 4 members (excludes halogenated alkanes) is 11. The number of rotatable bonds is 16. The fourth-order valence-electron chi connectivity index (χ4n) is 5.38. The van der Waals surface area contributed by atoms with Crippen LogP contribution in [-0.4, -0.2) is 25.3 Å². The topological polar surface area (TPSA) is 80.8 Å². The van der Waals surface area contributed by atoms with Crippen molar-refractivity contribution in [1.82, 2.24) is 5.06 Å². The van der Waals surface area contributed by atoms with Gasteiger partial charge in [0.1, 0.15) is 0 Å². The summed E-state index contributed by atoms with van der Waals surface area (Å²) < 4.78 is 30.9. The summed E-state index contributed by atoms with van der Waals surface area (Å²) in [5.74, 6) is -1.55. The van der Waals surface area contributed by atoms with Gasteiger partial charge in [-0.25, -0.2) is 0 Å². The predicted octanol–water partition coefficient (Wildman–Crippen LogP) is 8.31. The van der Waals surface area contributed by atoms with Gasteiger partial charge in [-0.2, -0.15) is 8.42 Å². The van der Waals surface area contributed by atoms with Crippen molar-refractivity contribution in [1.29, 1.82) is 0 Å². The Morgan fingerprint density at radius 2 is 1.27 bits per heavy atom. The highest BCUT2D eigenvalue weighted by Gasteiger charge is 2.38. The van der Waals surface area contributed by atoms with Crippen molar-refractivity contribution in [3.05, 3.63) is 76.9 Å². The number of amides is 2. The van der Waals surface area contributed by atoms with Crippen LogP contribution in [0.4, 0.5) is 0 Å². The Kier molecular flexibility index (Phi) is 10.5. The first-order valence-electron chi connectivity index (χ1n) is 14.8. The number of aryl methyl sites for hydroxylation is 2. The molecule has 0 unspecified atom stereocenters. The number of carbonyl (C=O) groups excluding carboxylic acids is 2. The van der Waals surface area contributed by atoms with Crippen molar-refractivity contribution in [3.63, 3.8) is 0 Å². The van der Waals surface area contributed by atoms with E-state index in [1.165, 1.54) is 76.3 Å². The molecule has 0 aromatic heterocycles. The second-order valence-electron chi connectivity index (χ2n) is 10.9. The minimum Gasteiger partial charge on any atom is -0.266 e. The van der Waals surface area contributed by atoms with Crippen LogP contribution in [0.15, 0.2) is 59.5 Å². The predicted molar refractivity (Wildman–Crippen MR) is 159 cm³/mol. The first-order valence-corrected chi connectivity index (χ1v) is 16.2. The van der Waals surface area contributed by atoms with Crippen LogP contribution < -0.4 is 0 Å². The fourth-order valence-corrected chi connectivity index (χ4v) is 6.26. The first kappa shape index (κ1) is 29.9. The lowest BCUT2D eigenvalue weighted by molar-refractivity contribution is -0.0155. The third-order valence-corrected chi connectivity index (χ3v) is 8.86. The van der Waals surface area contributed by atoms with Crippen molar-refractivity contribution in [2.75, 3.05) is 0 Å². The van der Waals surface area contributed by atoms with E-state index in [0.29, 0.717) is 16.0 Å². The van der Waals surface area contributed by atoms with E-state index >= 15 is 0 Å². The van der Waals surface area contributed by atoms with Gasteiger partial charge in [-0.05, 0) is 55.0 Å². The Morgan fingerprint density at radius 1 is 0.700 bits per heavy atom. The molecule has 3 aromatic carbocycles. The van der Waals surface area contributed by atoms with Gasteiger partial charge in [-0.3, -0.25) is 9.59 Å². The summed E-state index contributed by atoms with van der Waals surface area (Å²) in [5.41, 5.74) is 2.42. The molecule has 214 valence electrons. The van der Waals surface area contributed by atoms with E-state index in [0.717, 1.165) is 35.8 Å². The van der Waals surface area contributed by atoms with Crippen LogP contribution in [0.25, 0.3) is 10.8 Å². The number of carbonyl (C=O) groups is 2. The van der Waals surface area contributed by atoms with Crippen LogP contribution in [0, 0.1) is 6.92 Å². The van der Waals surface area contributed by atoms with E-state index in [1.807, 2.05) is 19.1 Å². The molecule has 7 heteroatoms. The summed E-state index contributed by atoms with van der Waals surface area (Å²) in [7, 11) is -4.37. The number of hydroxylamine groups is 2. The van der Waals surface area contributed by atoms with Gasteiger partial charge in [0.25, 0.3) is 11.8 Å². The van der Waals surface area contributed by atoms with Crippen molar-refractivity contribution in [2.24, 2.45) is 0 Å². The fraction of sp³-hybridized carbons (Fsp3) is 0.455. The maximum atomic E-state index is 13.4. The number of hydrogen-bond donors (Lipinski definition) is 0. The van der Waals surface area contributed by atoms with Gasteiger partial charge in [0.2, 0.25) is 0 Å². The van der Waals surface area contributed by atoms with Gasteiger partial charge in [0.05, 0.1) is 16.0 Å². The summed E-state index contributed by atoms with van der Waals surface area (Å²) >= 11 is 0. The van der Waals surface area contributed by atoms with Crippen LogP contribution in [0.3, 0.4) is 0 Å². The van der Waals surface area contributed by atoms with Gasteiger partial charge in [-0.15, -0.1) is 9.35 Å². The van der Waals surface area contributed by atoms with Gasteiger partial charge in [-0.1, -0.05) is 113 Å². The van der Waals surface area contributed by atoms with Crippen LogP contribution in [0.1, 0.15) is 116 Å². The molecule has 1 aliphatic rings. The molecule has 3 aromatic rings. The van der Waals surface area contributed by atoms with Crippen molar-refractivity contribution in [3.8, 4) is 0 Å². The molecule has 4 rings (SSSR count). The minimum absolute atomic E-state index is 0.122. The molecule has 0 saturated carbocycles. The minimum atomic E-state index is -4.37. The largest absolute Gasteiger partial charge is 0.318 e. The monoisotopic (exact) mass is 563 g/mol. The normalized spacial score (nSPS) is 13.4. The maximum Gasteiger partial charge on any atom is 0.318 e. The number of imide groups is 1. The van der Waals surface area contributed by atoms with E-state index in [1.54, 1.807) is 30.3 Å².